The molecule has 2 aliphatic rings. The fourth-order valence-corrected chi connectivity index (χ4v) is 5.48. The maximum atomic E-state index is 13.9. The molecule has 2 N–H and O–H groups in total. The molecule has 7 nitrogen and oxygen atoms in total. The highest BCUT2D eigenvalue weighted by Gasteiger charge is 2.49. The van der Waals surface area contributed by atoms with Gasteiger partial charge in [0.05, 0.1) is 46.1 Å². The van der Waals surface area contributed by atoms with Gasteiger partial charge in [-0.1, -0.05) is 6.08 Å². The number of amidine groups is 1. The van der Waals surface area contributed by atoms with Crippen LogP contribution in [-0.2, 0) is 6.18 Å². The van der Waals surface area contributed by atoms with E-state index >= 15 is 0 Å². The average Bonchev–Trinajstić information content (AvgIpc) is 3.11. The number of allylic oxidation sites excluding steroid dienone is 2. The second-order valence-electron chi connectivity index (χ2n) is 9.90. The number of hydrogen-bond donors (Lipinski definition) is 2. The van der Waals surface area contributed by atoms with E-state index in [1.165, 1.54) is 47.4 Å². The van der Waals surface area contributed by atoms with Gasteiger partial charge in [-0.15, -0.1) is 0 Å². The van der Waals surface area contributed by atoms with Gasteiger partial charge < -0.3 is 15.3 Å². The minimum atomic E-state index is -4.87. The van der Waals surface area contributed by atoms with Crippen LogP contribution in [0.3, 0.4) is 0 Å². The molecule has 1 saturated heterocycles. The predicted molar refractivity (Wildman–Crippen MR) is 155 cm³/mol. The first-order chi connectivity index (χ1) is 20.0. The molecule has 4 rings (SSSR count). The fraction of sp³-hybridized carbons (Fsp3) is 0.250. The summed E-state index contributed by atoms with van der Waals surface area (Å²) in [5.41, 5.74) is -4.31. The molecule has 1 aliphatic carbocycles. The molecule has 0 amide bonds. The molecule has 0 saturated carbocycles. The smallest absolute Gasteiger partial charge is 0.417 e. The normalized spacial score (nSPS) is 19.4. The van der Waals surface area contributed by atoms with Crippen molar-refractivity contribution in [1.82, 2.24) is 5.32 Å². The maximum absolute atomic E-state index is 13.9. The van der Waals surface area contributed by atoms with Crippen molar-refractivity contribution in [1.29, 1.82) is 10.5 Å². The van der Waals surface area contributed by atoms with E-state index in [0.29, 0.717) is 5.69 Å². The van der Waals surface area contributed by atoms with Crippen LogP contribution in [0.5, 0.6) is 5.75 Å². The number of phenolic OH excluding ortho intramolecular Hbond substituents is 1. The molecule has 2 aromatic rings. The molecule has 1 unspecified atom stereocenters. The molecular weight excluding hydrogens is 614 g/mol. The summed E-state index contributed by atoms with van der Waals surface area (Å²) in [6, 6.07) is 10.9. The Balaban J connectivity index is 1.81. The lowest BCUT2D eigenvalue weighted by Crippen LogP contribution is -2.45. The fourth-order valence-electron chi connectivity index (χ4n) is 4.72. The molecule has 222 valence electrons. The monoisotopic (exact) mass is 634 g/mol. The van der Waals surface area contributed by atoms with E-state index in [-0.39, 0.29) is 33.9 Å². The maximum Gasteiger partial charge on any atom is 0.417 e. The van der Waals surface area contributed by atoms with Crippen LogP contribution in [0, 0.1) is 22.7 Å². The average molecular weight is 635 g/mol. The molecule has 0 aromatic heterocycles. The molecule has 2 aromatic carbocycles. The van der Waals surface area contributed by atoms with E-state index in [2.05, 4.69) is 10.3 Å². The Morgan fingerprint density at radius 2 is 1.65 bits per heavy atom. The van der Waals surface area contributed by atoms with Crippen molar-refractivity contribution in [3.8, 4) is 17.9 Å². The number of alkyl halides is 6. The van der Waals surface area contributed by atoms with Crippen LogP contribution >= 0.6 is 24.4 Å². The zero-order valence-corrected chi connectivity index (χ0v) is 23.9. The van der Waals surface area contributed by atoms with E-state index in [1.54, 1.807) is 18.7 Å². The number of halogens is 6. The number of aliphatic imine (C=N–C) groups is 1. The van der Waals surface area contributed by atoms with E-state index in [9.17, 15) is 36.7 Å². The lowest BCUT2D eigenvalue weighted by atomic mass is 9.95. The van der Waals surface area contributed by atoms with Gasteiger partial charge in [0.25, 0.3) is 0 Å². The first kappa shape index (κ1) is 31.5. The highest BCUT2D eigenvalue weighted by molar-refractivity contribution is 7.81. The minimum Gasteiger partial charge on any atom is -0.508 e. The Labute approximate surface area is 252 Å². The predicted octanol–water partition coefficient (Wildman–Crippen LogP) is 6.66. The Hall–Kier alpha value is -4.47. The SMILES string of the molecule is CC1(C)/C(=N\C(=S)NC2C=C(C(F)(F)F)C(C#N)=CC2)N(c2ccc(C#N)c(C(F)(F)F)c2)C(=S)N1c1ccc(O)cc1. The Morgan fingerprint density at radius 3 is 2.21 bits per heavy atom. The zero-order chi connectivity index (χ0) is 31.9. The second kappa shape index (κ2) is 11.3. The van der Waals surface area contributed by atoms with Crippen molar-refractivity contribution in [2.45, 2.75) is 44.2 Å². The summed E-state index contributed by atoms with van der Waals surface area (Å²) < 4.78 is 82.1. The Bertz CT molecular complexity index is 1660. The summed E-state index contributed by atoms with van der Waals surface area (Å²) in [5, 5.41) is 30.5. The summed E-state index contributed by atoms with van der Waals surface area (Å²) in [5.74, 6) is -0.0120. The van der Waals surface area contributed by atoms with Gasteiger partial charge in [0.15, 0.2) is 10.2 Å². The van der Waals surface area contributed by atoms with Crippen molar-refractivity contribution in [2.75, 3.05) is 9.80 Å². The first-order valence-electron chi connectivity index (χ1n) is 12.3. The van der Waals surface area contributed by atoms with Crippen LogP contribution in [0.1, 0.15) is 31.4 Å². The Kier molecular flexibility index (Phi) is 8.28. The summed E-state index contributed by atoms with van der Waals surface area (Å²) >= 11 is 11.1. The minimum absolute atomic E-state index is 0.0107. The van der Waals surface area contributed by atoms with E-state index in [0.717, 1.165) is 24.3 Å². The largest absolute Gasteiger partial charge is 0.508 e. The lowest BCUT2D eigenvalue weighted by Gasteiger charge is -2.31. The standard InChI is InChI=1S/C28H20F6N6OS2/c1-26(2)23(38-24(42)37-17-5-3-15(13-35)21(11-17)27(29,30)31)39(25(43)40(26)18-7-9-20(41)10-8-18)19-6-4-16(14-36)22(12-19)28(32,33)34/h3-4,6-12,17,41H,5H2,1-2H3,(H,37,42)/b38-23+. The number of thiocarbonyl (C=S) groups is 2. The van der Waals surface area contributed by atoms with Crippen LogP contribution in [0.2, 0.25) is 0 Å². The van der Waals surface area contributed by atoms with Gasteiger partial charge in [0.2, 0.25) is 0 Å². The number of rotatable bonds is 3. The van der Waals surface area contributed by atoms with Gasteiger partial charge in [-0.2, -0.15) is 36.9 Å². The van der Waals surface area contributed by atoms with E-state index in [1.807, 2.05) is 0 Å². The van der Waals surface area contributed by atoms with Crippen molar-refractivity contribution >= 4 is 51.9 Å². The molecule has 1 atom stereocenters. The van der Waals surface area contributed by atoms with Gasteiger partial charge in [-0.3, -0.25) is 4.90 Å². The molecule has 0 bridgehead atoms. The number of nitrogens with one attached hydrogen (secondary N) is 1. The molecular formula is C28H20F6N6OS2. The number of hydrogen-bond acceptors (Lipinski definition) is 5. The molecule has 0 spiro atoms. The number of phenols is 1. The molecule has 1 aliphatic heterocycles. The quantitative estimate of drug-likeness (QED) is 0.286. The van der Waals surface area contributed by atoms with Crippen LogP contribution in [-0.4, -0.2) is 38.9 Å². The van der Waals surface area contributed by atoms with Gasteiger partial charge in [0, 0.05) is 5.69 Å². The first-order valence-corrected chi connectivity index (χ1v) is 13.1. The van der Waals surface area contributed by atoms with Gasteiger partial charge in [0.1, 0.15) is 17.1 Å². The number of aromatic hydroxyl groups is 1. The molecule has 15 heteroatoms. The highest BCUT2D eigenvalue weighted by Crippen LogP contribution is 2.41. The summed E-state index contributed by atoms with van der Waals surface area (Å²) in [6.07, 6.45) is -7.72. The third-order valence-electron chi connectivity index (χ3n) is 6.67. The van der Waals surface area contributed by atoms with Gasteiger partial charge in [-0.05, 0) is 93.2 Å². The second-order valence-corrected chi connectivity index (χ2v) is 10.7. The Morgan fingerprint density at radius 1 is 1.02 bits per heavy atom. The zero-order valence-electron chi connectivity index (χ0n) is 22.2. The molecule has 1 fully saturated rings. The van der Waals surface area contributed by atoms with Crippen molar-refractivity contribution < 1.29 is 31.4 Å². The van der Waals surface area contributed by atoms with E-state index in [4.69, 9.17) is 29.7 Å². The summed E-state index contributed by atoms with van der Waals surface area (Å²) in [6.45, 7) is 3.32. The number of nitrogens with zero attached hydrogens (tertiary/aromatic N) is 5. The van der Waals surface area contributed by atoms with Crippen LogP contribution in [0.4, 0.5) is 37.7 Å². The third-order valence-corrected chi connectivity index (χ3v) is 7.25. The number of benzene rings is 2. The van der Waals surface area contributed by atoms with Crippen molar-refractivity contribution in [3.63, 3.8) is 0 Å². The van der Waals surface area contributed by atoms with Crippen molar-refractivity contribution in [2.24, 2.45) is 4.99 Å². The number of anilines is 2. The van der Waals surface area contributed by atoms with E-state index < -0.39 is 46.2 Å². The van der Waals surface area contributed by atoms with Gasteiger partial charge in [-0.25, -0.2) is 4.99 Å². The van der Waals surface area contributed by atoms with Gasteiger partial charge >= 0.3 is 12.4 Å². The van der Waals surface area contributed by atoms with Crippen LogP contribution in [0.25, 0.3) is 0 Å². The molecule has 43 heavy (non-hydrogen) atoms. The van der Waals surface area contributed by atoms with Crippen LogP contribution in [0.15, 0.2) is 70.8 Å². The topological polar surface area (TPSA) is 98.7 Å². The highest BCUT2D eigenvalue weighted by atomic mass is 32.1. The summed E-state index contributed by atoms with van der Waals surface area (Å²) in [7, 11) is 0. The molecule has 0 radical (unpaired) electrons. The third kappa shape index (κ3) is 6.18. The summed E-state index contributed by atoms with van der Waals surface area (Å²) in [4.78, 5) is 7.23. The number of nitriles is 2. The molecule has 1 heterocycles. The van der Waals surface area contributed by atoms with Crippen molar-refractivity contribution in [3.05, 3.63) is 76.9 Å². The van der Waals surface area contributed by atoms with Crippen LogP contribution < -0.4 is 15.1 Å². The lowest BCUT2D eigenvalue weighted by molar-refractivity contribution is -0.137.